The van der Waals surface area contributed by atoms with E-state index in [0.717, 1.165) is 0 Å². The van der Waals surface area contributed by atoms with E-state index in [-0.39, 0.29) is 18.8 Å². The van der Waals surface area contributed by atoms with E-state index in [9.17, 15) is 65.9 Å². The number of rotatable bonds is 9. The highest BCUT2D eigenvalue weighted by molar-refractivity contribution is 5.13. The quantitative estimate of drug-likeness (QED) is 0.314. The Morgan fingerprint density at radius 1 is 0.613 bits per heavy atom. The molecule has 0 aromatic carbocycles. The Kier molecular flexibility index (Phi) is 7.25. The topological polar surface area (TPSA) is 9.23 Å². The zero-order chi connectivity index (χ0) is 24.9. The van der Waals surface area contributed by atoms with Gasteiger partial charge in [0.1, 0.15) is 6.61 Å². The van der Waals surface area contributed by atoms with Crippen LogP contribution in [0.3, 0.4) is 0 Å². The Labute approximate surface area is 164 Å². The van der Waals surface area contributed by atoms with Gasteiger partial charge in [-0.2, -0.15) is 65.9 Å². The highest BCUT2D eigenvalue weighted by Crippen LogP contribution is 2.62. The molecule has 0 heterocycles. The van der Waals surface area contributed by atoms with Crippen molar-refractivity contribution in [2.45, 2.75) is 80.4 Å². The SMILES string of the molecule is CCC1CCC(OCC(F)(F)C(F)(F)C(F)(F)C(F)(F)C(F)(F)C(F)(F)C(F)(F)F)C1. The first-order valence-electron chi connectivity index (χ1n) is 8.46. The van der Waals surface area contributed by atoms with Crippen LogP contribution in [0, 0.1) is 5.92 Å². The molecule has 0 spiro atoms. The van der Waals surface area contributed by atoms with Crippen LogP contribution in [0.4, 0.5) is 65.9 Å². The Bertz CT molecular complexity index is 624. The molecule has 16 heteroatoms. The van der Waals surface area contributed by atoms with Crippen molar-refractivity contribution in [3.05, 3.63) is 0 Å². The minimum absolute atomic E-state index is 0.000576. The molecule has 0 N–H and O–H groups in total. The van der Waals surface area contributed by atoms with Gasteiger partial charge >= 0.3 is 41.7 Å². The van der Waals surface area contributed by atoms with Crippen molar-refractivity contribution in [2.24, 2.45) is 5.92 Å². The fraction of sp³-hybridized carbons (Fsp3) is 1.00. The van der Waals surface area contributed by atoms with Crippen LogP contribution < -0.4 is 0 Å². The molecule has 0 saturated heterocycles. The number of hydrogen-bond acceptors (Lipinski definition) is 1. The van der Waals surface area contributed by atoms with Crippen LogP contribution in [0.2, 0.25) is 0 Å². The summed E-state index contributed by atoms with van der Waals surface area (Å²) in [6.07, 6.45) is -7.95. The van der Waals surface area contributed by atoms with Crippen LogP contribution in [-0.2, 0) is 4.74 Å². The van der Waals surface area contributed by atoms with Gasteiger partial charge < -0.3 is 4.74 Å². The van der Waals surface area contributed by atoms with Crippen molar-refractivity contribution in [1.29, 1.82) is 0 Å². The molecule has 2 atom stereocenters. The molecule has 186 valence electrons. The summed E-state index contributed by atoms with van der Waals surface area (Å²) in [5.74, 6) is -46.5. The summed E-state index contributed by atoms with van der Waals surface area (Å²) in [5.41, 5.74) is 0. The second-order valence-electron chi connectivity index (χ2n) is 7.09. The number of ether oxygens (including phenoxy) is 1. The lowest BCUT2D eigenvalue weighted by Crippen LogP contribution is -2.73. The summed E-state index contributed by atoms with van der Waals surface area (Å²) < 4.78 is 200. The van der Waals surface area contributed by atoms with Crippen LogP contribution in [-0.4, -0.2) is 54.4 Å². The van der Waals surface area contributed by atoms with Crippen LogP contribution in [0.15, 0.2) is 0 Å². The van der Waals surface area contributed by atoms with Gasteiger partial charge in [-0.3, -0.25) is 0 Å². The van der Waals surface area contributed by atoms with Crippen molar-refractivity contribution < 1.29 is 70.6 Å². The van der Waals surface area contributed by atoms with E-state index in [2.05, 4.69) is 4.74 Å². The average Bonchev–Trinajstić information content (AvgIpc) is 3.06. The fourth-order valence-electron chi connectivity index (χ4n) is 2.86. The lowest BCUT2D eigenvalue weighted by Gasteiger charge is -2.41. The van der Waals surface area contributed by atoms with E-state index in [0.29, 0.717) is 12.8 Å². The monoisotopic (exact) mass is 496 g/mol. The standard InChI is InChI=1S/C15H15F15O/c1-2-7-3-4-8(5-7)31-6-9(16,17)10(18,19)11(20,21)12(22,23)13(24,25)14(26,27)15(28,29)30/h7-8H,2-6H2,1H3. The molecule has 0 aromatic heterocycles. The Balaban J connectivity index is 3.22. The lowest BCUT2D eigenvalue weighted by molar-refractivity contribution is -0.453. The molecule has 1 nitrogen and oxygen atoms in total. The van der Waals surface area contributed by atoms with Gasteiger partial charge in [0.15, 0.2) is 0 Å². The van der Waals surface area contributed by atoms with Gasteiger partial charge in [-0.05, 0) is 25.2 Å². The van der Waals surface area contributed by atoms with E-state index in [4.69, 9.17) is 0 Å². The molecule has 31 heavy (non-hydrogen) atoms. The number of alkyl halides is 15. The molecular formula is C15H15F15O. The Hall–Kier alpha value is -1.09. The van der Waals surface area contributed by atoms with Crippen LogP contribution in [0.1, 0.15) is 32.6 Å². The highest BCUT2D eigenvalue weighted by atomic mass is 19.4. The minimum atomic E-state index is -8.26. The summed E-state index contributed by atoms with van der Waals surface area (Å²) in [4.78, 5) is 0. The third-order valence-electron chi connectivity index (χ3n) is 4.96. The smallest absolute Gasteiger partial charge is 0.372 e. The van der Waals surface area contributed by atoms with Gasteiger partial charge in [-0.15, -0.1) is 0 Å². The van der Waals surface area contributed by atoms with Crippen molar-refractivity contribution in [3.63, 3.8) is 0 Å². The van der Waals surface area contributed by atoms with E-state index >= 15 is 0 Å². The first-order chi connectivity index (χ1) is 13.5. The summed E-state index contributed by atoms with van der Waals surface area (Å²) in [6, 6.07) is 0. The average molecular weight is 496 g/mol. The van der Waals surface area contributed by atoms with E-state index in [1.54, 1.807) is 6.92 Å². The third kappa shape index (κ3) is 4.28. The van der Waals surface area contributed by atoms with E-state index < -0.39 is 54.4 Å². The zero-order valence-electron chi connectivity index (χ0n) is 15.3. The summed E-state index contributed by atoms with van der Waals surface area (Å²) in [5, 5.41) is 0. The van der Waals surface area contributed by atoms with Gasteiger partial charge in [-0.1, -0.05) is 13.3 Å². The first kappa shape index (κ1) is 27.9. The maximum absolute atomic E-state index is 13.6. The van der Waals surface area contributed by atoms with Crippen molar-refractivity contribution in [2.75, 3.05) is 6.61 Å². The van der Waals surface area contributed by atoms with E-state index in [1.165, 1.54) is 0 Å². The van der Waals surface area contributed by atoms with Crippen molar-refractivity contribution >= 4 is 0 Å². The van der Waals surface area contributed by atoms with Gasteiger partial charge in [0, 0.05) is 0 Å². The number of halogens is 15. The van der Waals surface area contributed by atoms with E-state index in [1.807, 2.05) is 0 Å². The summed E-state index contributed by atoms with van der Waals surface area (Å²) in [6.45, 7) is -1.04. The number of hydrogen-bond donors (Lipinski definition) is 0. The molecule has 1 rings (SSSR count). The Morgan fingerprint density at radius 3 is 1.42 bits per heavy atom. The molecule has 1 aliphatic rings. The van der Waals surface area contributed by atoms with Crippen molar-refractivity contribution in [3.8, 4) is 0 Å². The molecule has 0 bridgehead atoms. The van der Waals surface area contributed by atoms with Gasteiger partial charge in [-0.25, -0.2) is 0 Å². The molecule has 0 aromatic rings. The summed E-state index contributed by atoms with van der Waals surface area (Å²) in [7, 11) is 0. The molecular weight excluding hydrogens is 481 g/mol. The van der Waals surface area contributed by atoms with Crippen LogP contribution in [0.5, 0.6) is 0 Å². The summed E-state index contributed by atoms with van der Waals surface area (Å²) >= 11 is 0. The molecule has 1 fully saturated rings. The molecule has 1 aliphatic carbocycles. The maximum atomic E-state index is 13.6. The fourth-order valence-corrected chi connectivity index (χ4v) is 2.86. The molecule has 0 aliphatic heterocycles. The van der Waals surface area contributed by atoms with Crippen LogP contribution >= 0.6 is 0 Å². The highest BCUT2D eigenvalue weighted by Gasteiger charge is 2.93. The van der Waals surface area contributed by atoms with Crippen molar-refractivity contribution in [1.82, 2.24) is 0 Å². The van der Waals surface area contributed by atoms with Crippen LogP contribution in [0.25, 0.3) is 0 Å². The molecule has 1 saturated carbocycles. The maximum Gasteiger partial charge on any atom is 0.460 e. The van der Waals surface area contributed by atoms with Gasteiger partial charge in [0.25, 0.3) is 0 Å². The third-order valence-corrected chi connectivity index (χ3v) is 4.96. The second kappa shape index (κ2) is 8.04. The predicted octanol–water partition coefficient (Wildman–Crippen LogP) is 6.96. The molecule has 2 unspecified atom stereocenters. The Morgan fingerprint density at radius 2 is 1.03 bits per heavy atom. The first-order valence-corrected chi connectivity index (χ1v) is 8.46. The largest absolute Gasteiger partial charge is 0.460 e. The van der Waals surface area contributed by atoms with Gasteiger partial charge in [0.2, 0.25) is 0 Å². The normalized spacial score (nSPS) is 22.8. The lowest BCUT2D eigenvalue weighted by atomic mass is 9.91. The minimum Gasteiger partial charge on any atom is -0.372 e. The zero-order valence-corrected chi connectivity index (χ0v) is 15.3. The molecule has 0 radical (unpaired) electrons. The second-order valence-corrected chi connectivity index (χ2v) is 7.09. The molecule has 0 amide bonds. The van der Waals surface area contributed by atoms with Gasteiger partial charge in [0.05, 0.1) is 6.10 Å². The predicted molar refractivity (Wildman–Crippen MR) is 73.1 cm³/mol.